The molecule has 0 saturated carbocycles. The molecule has 0 bridgehead atoms. The van der Waals surface area contributed by atoms with E-state index in [9.17, 15) is 0 Å². The first-order chi connectivity index (χ1) is 4.91. The molecule has 0 aromatic carbocycles. The molecule has 0 aliphatic rings. The van der Waals surface area contributed by atoms with Gasteiger partial charge in [0.1, 0.15) is 0 Å². The van der Waals surface area contributed by atoms with Crippen LogP contribution in [-0.4, -0.2) is 0 Å². The van der Waals surface area contributed by atoms with Crippen molar-refractivity contribution in [1.29, 1.82) is 0 Å². The quantitative estimate of drug-likeness (QED) is 0.372. The highest BCUT2D eigenvalue weighted by atomic mass is 13.9. The Morgan fingerprint density at radius 2 is 1.80 bits per heavy atom. The Hall–Kier alpha value is -0.260. The predicted molar refractivity (Wildman–Crippen MR) is 47.9 cm³/mol. The van der Waals surface area contributed by atoms with Gasteiger partial charge in [0, 0.05) is 0 Å². The van der Waals surface area contributed by atoms with Crippen LogP contribution in [0.3, 0.4) is 0 Å². The topological polar surface area (TPSA) is 0 Å². The van der Waals surface area contributed by atoms with Crippen molar-refractivity contribution in [3.05, 3.63) is 19.1 Å². The molecule has 0 aromatic heterocycles. The third kappa shape index (κ3) is 7.74. The van der Waals surface area contributed by atoms with Gasteiger partial charge in [0.2, 0.25) is 0 Å². The average molecular weight is 139 g/mol. The smallest absolute Gasteiger partial charge is 0.0353 e. The second kappa shape index (κ2) is 8.74. The van der Waals surface area contributed by atoms with Crippen LogP contribution in [0.15, 0.2) is 12.7 Å². The molecule has 0 heteroatoms. The van der Waals surface area contributed by atoms with Crippen molar-refractivity contribution in [2.75, 3.05) is 0 Å². The zero-order valence-corrected chi connectivity index (χ0v) is 7.10. The maximum Gasteiger partial charge on any atom is -0.0353 e. The fourth-order valence-electron chi connectivity index (χ4n) is 0.899. The normalized spacial score (nSPS) is 9.70. The lowest BCUT2D eigenvalue weighted by Gasteiger charge is -1.96. The molecule has 1 radical (unpaired) electrons. The van der Waals surface area contributed by atoms with Gasteiger partial charge in [-0.25, -0.2) is 0 Å². The largest absolute Gasteiger partial charge is 0.103 e. The van der Waals surface area contributed by atoms with Crippen molar-refractivity contribution in [2.45, 2.75) is 45.4 Å². The summed E-state index contributed by atoms with van der Waals surface area (Å²) < 4.78 is 0. The molecule has 0 N–H and O–H groups in total. The fraction of sp³-hybridized carbons (Fsp3) is 0.700. The van der Waals surface area contributed by atoms with Crippen molar-refractivity contribution < 1.29 is 0 Å². The Balaban J connectivity index is 2.70. The monoisotopic (exact) mass is 139 g/mol. The Morgan fingerprint density at radius 1 is 1.10 bits per heavy atom. The molecule has 0 atom stereocenters. The Bertz CT molecular complexity index is 64.4. The van der Waals surface area contributed by atoms with Gasteiger partial charge in [-0.15, -0.1) is 6.58 Å². The van der Waals surface area contributed by atoms with E-state index in [1.807, 2.05) is 6.08 Å². The highest BCUT2D eigenvalue weighted by molar-refractivity contribution is 4.70. The summed E-state index contributed by atoms with van der Waals surface area (Å²) in [5.74, 6) is 0. The van der Waals surface area contributed by atoms with Gasteiger partial charge in [-0.05, 0) is 25.7 Å². The van der Waals surface area contributed by atoms with Gasteiger partial charge < -0.3 is 0 Å². The van der Waals surface area contributed by atoms with Crippen LogP contribution in [0.1, 0.15) is 45.4 Å². The van der Waals surface area contributed by atoms with E-state index in [0.717, 1.165) is 0 Å². The highest BCUT2D eigenvalue weighted by Gasteiger charge is 1.86. The molecule has 0 aliphatic heterocycles. The van der Waals surface area contributed by atoms with E-state index in [4.69, 9.17) is 0 Å². The van der Waals surface area contributed by atoms with Crippen LogP contribution in [0.2, 0.25) is 0 Å². The van der Waals surface area contributed by atoms with Crippen molar-refractivity contribution in [3.8, 4) is 0 Å². The molecule has 59 valence electrons. The molecule has 0 unspecified atom stereocenters. The Labute approximate surface area is 65.3 Å². The van der Waals surface area contributed by atoms with Gasteiger partial charge in [-0.1, -0.05) is 32.3 Å². The Morgan fingerprint density at radius 3 is 2.40 bits per heavy atom. The molecule has 0 heterocycles. The van der Waals surface area contributed by atoms with Crippen molar-refractivity contribution in [2.24, 2.45) is 0 Å². The van der Waals surface area contributed by atoms with Gasteiger partial charge >= 0.3 is 0 Å². The van der Waals surface area contributed by atoms with Crippen LogP contribution >= 0.6 is 0 Å². The molecule has 0 fully saturated rings. The molecular formula is C10H19. The van der Waals surface area contributed by atoms with Crippen molar-refractivity contribution in [3.63, 3.8) is 0 Å². The number of hydrogen-bond donors (Lipinski definition) is 0. The standard InChI is InChI=1S/C10H19/c1-3-5-7-9-10-8-6-4-2/h3,10H,1,4-9H2,2H3. The fourth-order valence-corrected chi connectivity index (χ4v) is 0.899. The molecular weight excluding hydrogens is 120 g/mol. The van der Waals surface area contributed by atoms with Crippen LogP contribution in [0.4, 0.5) is 0 Å². The van der Waals surface area contributed by atoms with Crippen molar-refractivity contribution >= 4 is 0 Å². The molecule has 0 spiro atoms. The second-order valence-electron chi connectivity index (χ2n) is 2.65. The minimum atomic E-state index is 1.17. The summed E-state index contributed by atoms with van der Waals surface area (Å²) in [4.78, 5) is 0. The average Bonchev–Trinajstić information content (AvgIpc) is 1.97. The van der Waals surface area contributed by atoms with Crippen molar-refractivity contribution in [1.82, 2.24) is 0 Å². The van der Waals surface area contributed by atoms with Crippen LogP contribution < -0.4 is 0 Å². The van der Waals surface area contributed by atoms with Gasteiger partial charge in [0.25, 0.3) is 0 Å². The van der Waals surface area contributed by atoms with E-state index < -0.39 is 0 Å². The maximum atomic E-state index is 3.68. The number of rotatable bonds is 7. The van der Waals surface area contributed by atoms with E-state index >= 15 is 0 Å². The third-order valence-electron chi connectivity index (χ3n) is 1.58. The van der Waals surface area contributed by atoms with Crippen LogP contribution in [0.5, 0.6) is 0 Å². The van der Waals surface area contributed by atoms with Gasteiger partial charge in [0.05, 0.1) is 0 Å². The van der Waals surface area contributed by atoms with E-state index in [0.29, 0.717) is 0 Å². The van der Waals surface area contributed by atoms with Gasteiger partial charge in [0.15, 0.2) is 0 Å². The molecule has 0 aromatic rings. The summed E-state index contributed by atoms with van der Waals surface area (Å²) in [7, 11) is 0. The summed E-state index contributed by atoms with van der Waals surface area (Å²) in [5.41, 5.74) is 0. The SMILES string of the molecule is C=CCCC[CH]CCCC. The molecule has 0 rings (SSSR count). The third-order valence-corrected chi connectivity index (χ3v) is 1.58. The number of unbranched alkanes of at least 4 members (excludes halogenated alkanes) is 6. The summed E-state index contributed by atoms with van der Waals surface area (Å²) in [5, 5.41) is 0. The zero-order valence-electron chi connectivity index (χ0n) is 7.10. The predicted octanol–water partition coefficient (Wildman–Crippen LogP) is 3.74. The summed E-state index contributed by atoms with van der Waals surface area (Å²) in [6.07, 6.45) is 12.1. The highest BCUT2D eigenvalue weighted by Crippen LogP contribution is 2.05. The van der Waals surface area contributed by atoms with E-state index in [1.54, 1.807) is 0 Å². The molecule has 10 heavy (non-hydrogen) atoms. The molecule has 0 nitrogen and oxygen atoms in total. The van der Waals surface area contributed by atoms with Crippen LogP contribution in [0.25, 0.3) is 0 Å². The molecule has 0 aliphatic carbocycles. The van der Waals surface area contributed by atoms with E-state index in [-0.39, 0.29) is 0 Å². The Kier molecular flexibility index (Phi) is 8.51. The maximum absolute atomic E-state index is 3.68. The summed E-state index contributed by atoms with van der Waals surface area (Å²) in [6, 6.07) is 0. The minimum Gasteiger partial charge on any atom is -0.103 e. The molecule has 0 saturated heterocycles. The first kappa shape index (κ1) is 9.74. The number of allylic oxidation sites excluding steroid dienone is 1. The summed E-state index contributed by atoms with van der Waals surface area (Å²) in [6.45, 7) is 5.91. The lowest BCUT2D eigenvalue weighted by Crippen LogP contribution is -1.78. The lowest BCUT2D eigenvalue weighted by molar-refractivity contribution is 0.721. The lowest BCUT2D eigenvalue weighted by atomic mass is 10.1. The second-order valence-corrected chi connectivity index (χ2v) is 2.65. The van der Waals surface area contributed by atoms with Crippen LogP contribution in [0, 0.1) is 6.42 Å². The van der Waals surface area contributed by atoms with Gasteiger partial charge in [-0.3, -0.25) is 0 Å². The molecule has 0 amide bonds. The van der Waals surface area contributed by atoms with E-state index in [1.165, 1.54) is 38.5 Å². The first-order valence-corrected chi connectivity index (χ1v) is 4.34. The number of hydrogen-bond acceptors (Lipinski definition) is 0. The first-order valence-electron chi connectivity index (χ1n) is 4.34. The zero-order chi connectivity index (χ0) is 7.66. The van der Waals surface area contributed by atoms with Gasteiger partial charge in [-0.2, -0.15) is 0 Å². The summed E-state index contributed by atoms with van der Waals surface area (Å²) >= 11 is 0. The minimum absolute atomic E-state index is 1.17. The van der Waals surface area contributed by atoms with E-state index in [2.05, 4.69) is 19.9 Å². The van der Waals surface area contributed by atoms with Crippen LogP contribution in [-0.2, 0) is 0 Å².